The molecule has 16 heavy (non-hydrogen) atoms. The molecule has 0 aliphatic heterocycles. The SMILES string of the molecule is Cc1cc(F)ccc1CCNS(=O)(=O)CBr. The van der Waals surface area contributed by atoms with Crippen LogP contribution in [0.15, 0.2) is 18.2 Å². The average molecular weight is 310 g/mol. The van der Waals surface area contributed by atoms with Gasteiger partial charge in [-0.2, -0.15) is 0 Å². The van der Waals surface area contributed by atoms with E-state index in [1.165, 1.54) is 12.1 Å². The summed E-state index contributed by atoms with van der Waals surface area (Å²) in [4.78, 5) is 0. The summed E-state index contributed by atoms with van der Waals surface area (Å²) in [6.45, 7) is 2.12. The van der Waals surface area contributed by atoms with E-state index in [1.807, 2.05) is 0 Å². The molecule has 1 aromatic rings. The third-order valence-corrected chi connectivity index (χ3v) is 4.90. The molecule has 0 aliphatic rings. The number of nitrogens with one attached hydrogen (secondary N) is 1. The molecular weight excluding hydrogens is 297 g/mol. The van der Waals surface area contributed by atoms with Crippen molar-refractivity contribution in [1.29, 1.82) is 0 Å². The minimum absolute atomic E-state index is 0.109. The van der Waals surface area contributed by atoms with Gasteiger partial charge in [0.2, 0.25) is 10.0 Å². The average Bonchev–Trinajstić information content (AvgIpc) is 2.21. The van der Waals surface area contributed by atoms with Crippen LogP contribution in [0.4, 0.5) is 4.39 Å². The smallest absolute Gasteiger partial charge is 0.214 e. The van der Waals surface area contributed by atoms with Gasteiger partial charge in [-0.25, -0.2) is 17.5 Å². The molecule has 0 heterocycles. The lowest BCUT2D eigenvalue weighted by Gasteiger charge is -2.06. The van der Waals surface area contributed by atoms with Crippen LogP contribution < -0.4 is 4.72 Å². The van der Waals surface area contributed by atoms with Crippen LogP contribution in [0.5, 0.6) is 0 Å². The molecule has 90 valence electrons. The highest BCUT2D eigenvalue weighted by molar-refractivity contribution is 9.10. The van der Waals surface area contributed by atoms with Crippen molar-refractivity contribution in [3.05, 3.63) is 35.1 Å². The molecule has 0 atom stereocenters. The maximum Gasteiger partial charge on any atom is 0.221 e. The molecule has 0 fully saturated rings. The van der Waals surface area contributed by atoms with Crippen molar-refractivity contribution >= 4 is 26.0 Å². The summed E-state index contributed by atoms with van der Waals surface area (Å²) in [6, 6.07) is 4.49. The van der Waals surface area contributed by atoms with Crippen LogP contribution in [0, 0.1) is 12.7 Å². The fourth-order valence-electron chi connectivity index (χ4n) is 1.32. The van der Waals surface area contributed by atoms with E-state index in [0.717, 1.165) is 11.1 Å². The second-order valence-corrected chi connectivity index (χ2v) is 6.55. The second-order valence-electron chi connectivity index (χ2n) is 3.44. The van der Waals surface area contributed by atoms with Gasteiger partial charge in [0.1, 0.15) is 10.5 Å². The summed E-state index contributed by atoms with van der Waals surface area (Å²) >= 11 is 2.88. The highest BCUT2D eigenvalue weighted by Crippen LogP contribution is 2.10. The molecule has 0 aromatic heterocycles. The Hall–Kier alpha value is -0.460. The molecule has 0 radical (unpaired) electrons. The van der Waals surface area contributed by atoms with E-state index in [2.05, 4.69) is 20.7 Å². The number of rotatable bonds is 5. The Labute approximate surface area is 103 Å². The van der Waals surface area contributed by atoms with Crippen molar-refractivity contribution in [3.8, 4) is 0 Å². The first kappa shape index (κ1) is 13.6. The van der Waals surface area contributed by atoms with E-state index in [0.29, 0.717) is 13.0 Å². The Morgan fingerprint density at radius 2 is 2.12 bits per heavy atom. The summed E-state index contributed by atoms with van der Waals surface area (Å²) in [5.41, 5.74) is 1.77. The molecule has 0 amide bonds. The van der Waals surface area contributed by atoms with Gasteiger partial charge in [0, 0.05) is 6.54 Å². The highest BCUT2D eigenvalue weighted by Gasteiger charge is 2.07. The zero-order chi connectivity index (χ0) is 12.2. The third-order valence-electron chi connectivity index (χ3n) is 2.16. The van der Waals surface area contributed by atoms with E-state index in [-0.39, 0.29) is 10.5 Å². The molecule has 0 saturated heterocycles. The Kier molecular flexibility index (Phi) is 4.89. The Morgan fingerprint density at radius 1 is 1.44 bits per heavy atom. The van der Waals surface area contributed by atoms with Crippen molar-refractivity contribution in [2.75, 3.05) is 11.2 Å². The summed E-state index contributed by atoms with van der Waals surface area (Å²) < 4.78 is 37.3. The lowest BCUT2D eigenvalue weighted by molar-refractivity contribution is 0.586. The number of hydrogen-bond acceptors (Lipinski definition) is 2. The second kappa shape index (κ2) is 5.75. The minimum Gasteiger partial charge on any atom is -0.214 e. The van der Waals surface area contributed by atoms with E-state index in [9.17, 15) is 12.8 Å². The molecule has 6 heteroatoms. The lowest BCUT2D eigenvalue weighted by atomic mass is 10.1. The van der Waals surface area contributed by atoms with Crippen LogP contribution in [0.3, 0.4) is 0 Å². The quantitative estimate of drug-likeness (QED) is 0.845. The highest BCUT2D eigenvalue weighted by atomic mass is 79.9. The van der Waals surface area contributed by atoms with Gasteiger partial charge >= 0.3 is 0 Å². The Balaban J connectivity index is 2.56. The summed E-state index contributed by atoms with van der Waals surface area (Å²) in [7, 11) is -3.22. The molecule has 0 unspecified atom stereocenters. The van der Waals surface area contributed by atoms with Gasteiger partial charge in [-0.05, 0) is 36.6 Å². The van der Waals surface area contributed by atoms with E-state index in [4.69, 9.17) is 0 Å². The summed E-state index contributed by atoms with van der Waals surface area (Å²) in [6.07, 6.45) is 0.554. The summed E-state index contributed by atoms with van der Waals surface area (Å²) in [5, 5.41) is 0. The fraction of sp³-hybridized carbons (Fsp3) is 0.400. The monoisotopic (exact) mass is 309 g/mol. The largest absolute Gasteiger partial charge is 0.221 e. The first-order valence-electron chi connectivity index (χ1n) is 4.73. The van der Waals surface area contributed by atoms with Gasteiger partial charge in [-0.1, -0.05) is 22.0 Å². The number of alkyl halides is 1. The Morgan fingerprint density at radius 3 is 2.69 bits per heavy atom. The van der Waals surface area contributed by atoms with Gasteiger partial charge in [-0.15, -0.1) is 0 Å². The number of benzene rings is 1. The van der Waals surface area contributed by atoms with Gasteiger partial charge in [-0.3, -0.25) is 0 Å². The molecule has 3 nitrogen and oxygen atoms in total. The maximum absolute atomic E-state index is 12.8. The zero-order valence-electron chi connectivity index (χ0n) is 8.83. The number of aryl methyl sites for hydroxylation is 1. The van der Waals surface area contributed by atoms with E-state index >= 15 is 0 Å². The molecular formula is C10H13BrFNO2S. The van der Waals surface area contributed by atoms with Crippen molar-refractivity contribution in [1.82, 2.24) is 4.72 Å². The maximum atomic E-state index is 12.8. The Bertz CT molecular complexity index is 462. The van der Waals surface area contributed by atoms with Crippen LogP contribution in [0.25, 0.3) is 0 Å². The fourth-order valence-corrected chi connectivity index (χ4v) is 2.30. The third kappa shape index (κ3) is 4.19. The van der Waals surface area contributed by atoms with Crippen LogP contribution in [0.2, 0.25) is 0 Å². The van der Waals surface area contributed by atoms with Crippen LogP contribution in [-0.4, -0.2) is 19.6 Å². The van der Waals surface area contributed by atoms with Crippen LogP contribution >= 0.6 is 15.9 Å². The molecule has 1 N–H and O–H groups in total. The predicted octanol–water partition coefficient (Wildman–Crippen LogP) is 1.95. The summed E-state index contributed by atoms with van der Waals surface area (Å²) in [5.74, 6) is -0.276. The minimum atomic E-state index is -3.22. The van der Waals surface area contributed by atoms with Crippen LogP contribution in [-0.2, 0) is 16.4 Å². The molecule has 0 spiro atoms. The van der Waals surface area contributed by atoms with Crippen LogP contribution in [0.1, 0.15) is 11.1 Å². The predicted molar refractivity (Wildman–Crippen MR) is 65.6 cm³/mol. The lowest BCUT2D eigenvalue weighted by Crippen LogP contribution is -2.26. The van der Waals surface area contributed by atoms with Gasteiger partial charge in [0.15, 0.2) is 0 Å². The van der Waals surface area contributed by atoms with Gasteiger partial charge in [0.05, 0.1) is 0 Å². The molecule has 1 rings (SSSR count). The first-order valence-corrected chi connectivity index (χ1v) is 7.50. The zero-order valence-corrected chi connectivity index (χ0v) is 11.2. The molecule has 0 aliphatic carbocycles. The van der Waals surface area contributed by atoms with Gasteiger partial charge in [0.25, 0.3) is 0 Å². The van der Waals surface area contributed by atoms with Crippen molar-refractivity contribution in [2.24, 2.45) is 0 Å². The topological polar surface area (TPSA) is 46.2 Å². The first-order chi connectivity index (χ1) is 7.44. The van der Waals surface area contributed by atoms with Gasteiger partial charge < -0.3 is 0 Å². The van der Waals surface area contributed by atoms with E-state index in [1.54, 1.807) is 13.0 Å². The van der Waals surface area contributed by atoms with Crippen molar-refractivity contribution < 1.29 is 12.8 Å². The number of hydrogen-bond donors (Lipinski definition) is 1. The molecule has 0 saturated carbocycles. The number of sulfonamides is 1. The standard InChI is InChI=1S/C10H13BrFNO2S/c1-8-6-10(12)3-2-9(8)4-5-13-16(14,15)7-11/h2-3,6,13H,4-5,7H2,1H3. The number of halogens is 2. The molecule has 0 bridgehead atoms. The van der Waals surface area contributed by atoms with E-state index < -0.39 is 10.0 Å². The van der Waals surface area contributed by atoms with Crippen molar-refractivity contribution in [3.63, 3.8) is 0 Å². The normalized spacial score (nSPS) is 11.7. The molecule has 1 aromatic carbocycles. The van der Waals surface area contributed by atoms with Crippen molar-refractivity contribution in [2.45, 2.75) is 13.3 Å².